The highest BCUT2D eigenvalue weighted by Crippen LogP contribution is 2.17. The summed E-state index contributed by atoms with van der Waals surface area (Å²) in [5.41, 5.74) is 5.80. The van der Waals surface area contributed by atoms with E-state index in [2.05, 4.69) is 39.7 Å². The summed E-state index contributed by atoms with van der Waals surface area (Å²) in [6, 6.07) is 14.1. The molecule has 2 N–H and O–H groups in total. The smallest absolute Gasteiger partial charge is 0.258 e. The van der Waals surface area contributed by atoms with Gasteiger partial charge in [-0.05, 0) is 43.5 Å². The van der Waals surface area contributed by atoms with Crippen molar-refractivity contribution in [3.8, 4) is 0 Å². The topological polar surface area (TPSA) is 66.9 Å². The summed E-state index contributed by atoms with van der Waals surface area (Å²) < 4.78 is 0. The second kappa shape index (κ2) is 7.78. The van der Waals surface area contributed by atoms with Crippen LogP contribution in [0.2, 0.25) is 0 Å². The number of aryl methyl sites for hydroxylation is 3. The molecule has 3 rings (SSSR count). The number of anilines is 2. The molecule has 0 fully saturated rings. The van der Waals surface area contributed by atoms with E-state index in [4.69, 9.17) is 0 Å². The van der Waals surface area contributed by atoms with Crippen LogP contribution in [-0.4, -0.2) is 15.9 Å². The molecule has 26 heavy (non-hydrogen) atoms. The molecule has 0 unspecified atom stereocenters. The second-order valence-corrected chi connectivity index (χ2v) is 6.35. The standard InChI is InChI=1S/C21H22N4O/c1-14-8-9-19(16(3)10-14)25-20(26)18-12-23-21(24-13-18)22-11-17-7-5-4-6-15(17)2/h4-10,12-13H,11H2,1-3H3,(H,25,26)(H,22,23,24). The van der Waals surface area contributed by atoms with E-state index < -0.39 is 0 Å². The van der Waals surface area contributed by atoms with E-state index in [9.17, 15) is 4.79 Å². The quantitative estimate of drug-likeness (QED) is 0.724. The minimum absolute atomic E-state index is 0.220. The molecule has 0 spiro atoms. The molecule has 0 radical (unpaired) electrons. The number of carbonyl (C=O) groups excluding carboxylic acids is 1. The maximum Gasteiger partial charge on any atom is 0.258 e. The number of nitrogens with zero attached hydrogens (tertiary/aromatic N) is 2. The van der Waals surface area contributed by atoms with Crippen molar-refractivity contribution in [2.24, 2.45) is 0 Å². The Morgan fingerprint density at radius 2 is 1.69 bits per heavy atom. The van der Waals surface area contributed by atoms with Crippen LogP contribution in [0.3, 0.4) is 0 Å². The minimum atomic E-state index is -0.220. The van der Waals surface area contributed by atoms with Crippen molar-refractivity contribution in [3.63, 3.8) is 0 Å². The lowest BCUT2D eigenvalue weighted by molar-refractivity contribution is 0.102. The number of carbonyl (C=O) groups is 1. The van der Waals surface area contributed by atoms with Crippen molar-refractivity contribution in [1.29, 1.82) is 0 Å². The Morgan fingerprint density at radius 1 is 0.962 bits per heavy atom. The van der Waals surface area contributed by atoms with Crippen LogP contribution in [0, 0.1) is 20.8 Å². The van der Waals surface area contributed by atoms with Crippen LogP contribution in [0.4, 0.5) is 11.6 Å². The molecule has 0 aliphatic heterocycles. The molecule has 0 bridgehead atoms. The molecule has 1 aromatic heterocycles. The Labute approximate surface area is 153 Å². The summed E-state index contributed by atoms with van der Waals surface area (Å²) >= 11 is 0. The third-order valence-electron chi connectivity index (χ3n) is 4.24. The molecule has 0 aliphatic carbocycles. The third kappa shape index (κ3) is 4.25. The Kier molecular flexibility index (Phi) is 5.27. The van der Waals surface area contributed by atoms with Crippen LogP contribution in [-0.2, 0) is 6.54 Å². The van der Waals surface area contributed by atoms with Gasteiger partial charge in [0.25, 0.3) is 5.91 Å². The molecular formula is C21H22N4O. The first-order valence-corrected chi connectivity index (χ1v) is 8.52. The number of amides is 1. The van der Waals surface area contributed by atoms with Crippen molar-refractivity contribution >= 4 is 17.5 Å². The first-order chi connectivity index (χ1) is 12.5. The van der Waals surface area contributed by atoms with Gasteiger partial charge in [-0.25, -0.2) is 9.97 Å². The molecule has 0 aliphatic rings. The second-order valence-electron chi connectivity index (χ2n) is 6.35. The van der Waals surface area contributed by atoms with Crippen molar-refractivity contribution < 1.29 is 4.79 Å². The van der Waals surface area contributed by atoms with Gasteiger partial charge in [0, 0.05) is 24.6 Å². The highest BCUT2D eigenvalue weighted by Gasteiger charge is 2.09. The van der Waals surface area contributed by atoms with Crippen LogP contribution >= 0.6 is 0 Å². The normalized spacial score (nSPS) is 10.4. The van der Waals surface area contributed by atoms with Crippen molar-refractivity contribution in [1.82, 2.24) is 9.97 Å². The van der Waals surface area contributed by atoms with Crippen LogP contribution in [0.1, 0.15) is 32.6 Å². The molecule has 3 aromatic rings. The molecule has 132 valence electrons. The van der Waals surface area contributed by atoms with Crippen LogP contribution in [0.15, 0.2) is 54.9 Å². The first-order valence-electron chi connectivity index (χ1n) is 8.52. The van der Waals surface area contributed by atoms with Crippen LogP contribution in [0.25, 0.3) is 0 Å². The van der Waals surface area contributed by atoms with Gasteiger partial charge in [-0.2, -0.15) is 0 Å². The lowest BCUT2D eigenvalue weighted by Crippen LogP contribution is -2.14. The SMILES string of the molecule is Cc1ccc(NC(=O)c2cnc(NCc3ccccc3C)nc2)c(C)c1. The minimum Gasteiger partial charge on any atom is -0.350 e. The Morgan fingerprint density at radius 3 is 2.38 bits per heavy atom. The number of nitrogens with one attached hydrogen (secondary N) is 2. The molecule has 0 atom stereocenters. The first kappa shape index (κ1) is 17.6. The summed E-state index contributed by atoms with van der Waals surface area (Å²) in [6.45, 7) is 6.70. The van der Waals surface area contributed by atoms with Gasteiger partial charge in [0.15, 0.2) is 0 Å². The fraction of sp³-hybridized carbons (Fsp3) is 0.190. The fourth-order valence-electron chi connectivity index (χ4n) is 2.67. The predicted octanol–water partition coefficient (Wildman–Crippen LogP) is 4.27. The molecule has 1 amide bonds. The summed E-state index contributed by atoms with van der Waals surface area (Å²) in [5, 5.41) is 6.08. The summed E-state index contributed by atoms with van der Waals surface area (Å²) in [5.74, 6) is 0.277. The van der Waals surface area contributed by atoms with Crippen molar-refractivity contribution in [2.75, 3.05) is 10.6 Å². The zero-order chi connectivity index (χ0) is 18.5. The van der Waals surface area contributed by atoms with E-state index in [0.717, 1.165) is 16.8 Å². The fourth-order valence-corrected chi connectivity index (χ4v) is 2.67. The van der Waals surface area contributed by atoms with E-state index in [1.165, 1.54) is 23.5 Å². The zero-order valence-corrected chi connectivity index (χ0v) is 15.2. The average molecular weight is 346 g/mol. The molecule has 1 heterocycles. The maximum absolute atomic E-state index is 12.4. The van der Waals surface area contributed by atoms with E-state index in [1.54, 1.807) is 0 Å². The number of aromatic nitrogens is 2. The molecule has 5 nitrogen and oxygen atoms in total. The number of rotatable bonds is 5. The van der Waals surface area contributed by atoms with Gasteiger partial charge < -0.3 is 10.6 Å². The Bertz CT molecular complexity index is 920. The molecule has 0 saturated carbocycles. The molecular weight excluding hydrogens is 324 g/mol. The van der Waals surface area contributed by atoms with Gasteiger partial charge in [0.05, 0.1) is 5.56 Å². The van der Waals surface area contributed by atoms with Crippen molar-refractivity contribution in [3.05, 3.63) is 82.7 Å². The highest BCUT2D eigenvalue weighted by molar-refractivity contribution is 6.04. The van der Waals surface area contributed by atoms with Gasteiger partial charge in [-0.15, -0.1) is 0 Å². The van der Waals surface area contributed by atoms with Crippen LogP contribution < -0.4 is 10.6 Å². The van der Waals surface area contributed by atoms with Crippen molar-refractivity contribution in [2.45, 2.75) is 27.3 Å². The molecule has 0 saturated heterocycles. The summed E-state index contributed by atoms with van der Waals surface area (Å²) in [4.78, 5) is 20.9. The van der Waals surface area contributed by atoms with E-state index >= 15 is 0 Å². The van der Waals surface area contributed by atoms with Gasteiger partial charge in [0.1, 0.15) is 0 Å². The lowest BCUT2D eigenvalue weighted by Gasteiger charge is -2.10. The van der Waals surface area contributed by atoms with Gasteiger partial charge in [0.2, 0.25) is 5.95 Å². The number of hydrogen-bond acceptors (Lipinski definition) is 4. The monoisotopic (exact) mass is 346 g/mol. The molecule has 5 heteroatoms. The largest absolute Gasteiger partial charge is 0.350 e. The number of hydrogen-bond donors (Lipinski definition) is 2. The maximum atomic E-state index is 12.4. The summed E-state index contributed by atoms with van der Waals surface area (Å²) in [7, 11) is 0. The zero-order valence-electron chi connectivity index (χ0n) is 15.2. The Balaban J connectivity index is 1.63. The lowest BCUT2D eigenvalue weighted by atomic mass is 10.1. The summed E-state index contributed by atoms with van der Waals surface area (Å²) in [6.07, 6.45) is 3.07. The third-order valence-corrected chi connectivity index (χ3v) is 4.24. The van der Waals surface area contributed by atoms with E-state index in [1.807, 2.05) is 44.2 Å². The van der Waals surface area contributed by atoms with E-state index in [0.29, 0.717) is 18.1 Å². The molecule has 2 aromatic carbocycles. The Hall–Kier alpha value is -3.21. The van der Waals surface area contributed by atoms with Gasteiger partial charge in [-0.1, -0.05) is 42.0 Å². The number of benzene rings is 2. The highest BCUT2D eigenvalue weighted by atomic mass is 16.1. The van der Waals surface area contributed by atoms with Gasteiger partial charge in [-0.3, -0.25) is 4.79 Å². The predicted molar refractivity (Wildman–Crippen MR) is 104 cm³/mol. The average Bonchev–Trinajstić information content (AvgIpc) is 2.64. The van der Waals surface area contributed by atoms with Crippen LogP contribution in [0.5, 0.6) is 0 Å². The van der Waals surface area contributed by atoms with E-state index in [-0.39, 0.29) is 5.91 Å². The van der Waals surface area contributed by atoms with Gasteiger partial charge >= 0.3 is 0 Å².